The predicted molar refractivity (Wildman–Crippen MR) is 120 cm³/mol. The smallest absolute Gasteiger partial charge is 0.326 e. The molecule has 2 fully saturated rings. The SMILES string of the molecule is CCC(C)N.CCC[C@H](N[C@@H](C)C(=O)N1[C@H](C(=O)O)C[C@@H]2CCCC[C@@H]21)C(=O)OCC. The number of hydrogen-bond acceptors (Lipinski definition) is 6. The number of carboxylic acids is 1. The molecule has 2 aliphatic rings. The molecule has 1 saturated carbocycles. The zero-order valence-corrected chi connectivity index (χ0v) is 19.9. The van der Waals surface area contributed by atoms with E-state index in [0.29, 0.717) is 25.5 Å². The second-order valence-electron chi connectivity index (χ2n) is 8.81. The number of fused-ring (bicyclic) bond motifs is 1. The Balaban J connectivity index is 0.000000861. The molecule has 1 saturated heterocycles. The van der Waals surface area contributed by atoms with Crippen LogP contribution >= 0.6 is 0 Å². The summed E-state index contributed by atoms with van der Waals surface area (Å²) in [6, 6.07) is -1.54. The molecule has 180 valence electrons. The lowest BCUT2D eigenvalue weighted by molar-refractivity contribution is -0.152. The van der Waals surface area contributed by atoms with Crippen molar-refractivity contribution in [3.8, 4) is 0 Å². The van der Waals surface area contributed by atoms with E-state index < -0.39 is 24.1 Å². The van der Waals surface area contributed by atoms with E-state index in [0.717, 1.165) is 38.5 Å². The number of carbonyl (C=O) groups is 3. The molecule has 6 atom stereocenters. The van der Waals surface area contributed by atoms with Crippen molar-refractivity contribution in [2.24, 2.45) is 11.7 Å². The van der Waals surface area contributed by atoms with E-state index in [1.54, 1.807) is 18.7 Å². The number of carbonyl (C=O) groups excluding carboxylic acids is 2. The van der Waals surface area contributed by atoms with E-state index in [-0.39, 0.29) is 23.8 Å². The molecule has 0 spiro atoms. The second-order valence-corrected chi connectivity index (χ2v) is 8.81. The van der Waals surface area contributed by atoms with E-state index in [9.17, 15) is 19.5 Å². The molecule has 4 N–H and O–H groups in total. The highest BCUT2D eigenvalue weighted by Crippen LogP contribution is 2.40. The minimum absolute atomic E-state index is 0.00817. The normalized spacial score (nSPS) is 25.5. The Hall–Kier alpha value is -1.67. The molecule has 0 bridgehead atoms. The number of amides is 1. The minimum atomic E-state index is -0.935. The van der Waals surface area contributed by atoms with Gasteiger partial charge in [0.05, 0.1) is 12.6 Å². The van der Waals surface area contributed by atoms with Crippen molar-refractivity contribution < 1.29 is 24.2 Å². The number of nitrogens with one attached hydrogen (secondary N) is 1. The van der Waals surface area contributed by atoms with Crippen LogP contribution < -0.4 is 11.1 Å². The summed E-state index contributed by atoms with van der Waals surface area (Å²) in [5.74, 6) is -1.24. The van der Waals surface area contributed by atoms with E-state index in [1.807, 2.05) is 13.8 Å². The van der Waals surface area contributed by atoms with Crippen LogP contribution in [0.3, 0.4) is 0 Å². The fourth-order valence-electron chi connectivity index (χ4n) is 4.39. The van der Waals surface area contributed by atoms with Crippen molar-refractivity contribution >= 4 is 17.8 Å². The lowest BCUT2D eigenvalue weighted by Gasteiger charge is -2.35. The minimum Gasteiger partial charge on any atom is -0.480 e. The third-order valence-corrected chi connectivity index (χ3v) is 6.24. The molecule has 0 aromatic rings. The lowest BCUT2D eigenvalue weighted by Crippen LogP contribution is -2.55. The zero-order chi connectivity index (χ0) is 23.6. The maximum Gasteiger partial charge on any atom is 0.326 e. The first-order valence-corrected chi connectivity index (χ1v) is 11.9. The Morgan fingerprint density at radius 3 is 2.29 bits per heavy atom. The summed E-state index contributed by atoms with van der Waals surface area (Å²) in [6.07, 6.45) is 6.96. The molecular formula is C23H43N3O5. The Kier molecular flexibility index (Phi) is 12.1. The third kappa shape index (κ3) is 8.07. The monoisotopic (exact) mass is 441 g/mol. The van der Waals surface area contributed by atoms with Crippen molar-refractivity contribution in [3.63, 3.8) is 0 Å². The first-order valence-electron chi connectivity index (χ1n) is 11.9. The Bertz CT molecular complexity index is 584. The second kappa shape index (κ2) is 13.7. The number of aliphatic carboxylic acids is 1. The van der Waals surface area contributed by atoms with E-state index in [2.05, 4.69) is 12.2 Å². The van der Waals surface area contributed by atoms with Crippen LogP contribution in [0.4, 0.5) is 0 Å². The summed E-state index contributed by atoms with van der Waals surface area (Å²) in [4.78, 5) is 38.5. The van der Waals surface area contributed by atoms with Gasteiger partial charge in [-0.3, -0.25) is 14.9 Å². The van der Waals surface area contributed by atoms with Crippen molar-refractivity contribution in [1.82, 2.24) is 10.2 Å². The number of hydrogen-bond donors (Lipinski definition) is 3. The fourth-order valence-corrected chi connectivity index (χ4v) is 4.39. The van der Waals surface area contributed by atoms with Gasteiger partial charge in [0, 0.05) is 12.1 Å². The summed E-state index contributed by atoms with van der Waals surface area (Å²) < 4.78 is 5.09. The molecule has 0 radical (unpaired) electrons. The Morgan fingerprint density at radius 1 is 1.16 bits per heavy atom. The van der Waals surface area contributed by atoms with Crippen molar-refractivity contribution in [1.29, 1.82) is 0 Å². The number of nitrogens with zero attached hydrogens (tertiary/aromatic N) is 1. The van der Waals surface area contributed by atoms with Crippen LogP contribution in [-0.2, 0) is 19.1 Å². The molecule has 0 aromatic carbocycles. The van der Waals surface area contributed by atoms with Crippen LogP contribution in [-0.4, -0.2) is 64.7 Å². The summed E-state index contributed by atoms with van der Waals surface area (Å²) in [5, 5.41) is 12.7. The summed E-state index contributed by atoms with van der Waals surface area (Å²) >= 11 is 0. The fraction of sp³-hybridized carbons (Fsp3) is 0.870. The van der Waals surface area contributed by atoms with Crippen LogP contribution in [0.2, 0.25) is 0 Å². The first kappa shape index (κ1) is 27.4. The topological polar surface area (TPSA) is 122 Å². The molecule has 8 nitrogen and oxygen atoms in total. The van der Waals surface area contributed by atoms with Gasteiger partial charge in [0.25, 0.3) is 0 Å². The molecule has 1 aliphatic heterocycles. The van der Waals surface area contributed by atoms with Crippen molar-refractivity contribution in [2.45, 2.75) is 116 Å². The van der Waals surface area contributed by atoms with E-state index >= 15 is 0 Å². The lowest BCUT2D eigenvalue weighted by atomic mass is 9.84. The third-order valence-electron chi connectivity index (χ3n) is 6.24. The quantitative estimate of drug-likeness (QED) is 0.470. The molecule has 0 aromatic heterocycles. The van der Waals surface area contributed by atoms with E-state index in [4.69, 9.17) is 10.5 Å². The van der Waals surface area contributed by atoms with Gasteiger partial charge in [0.1, 0.15) is 12.1 Å². The number of rotatable bonds is 9. The highest BCUT2D eigenvalue weighted by atomic mass is 16.5. The highest BCUT2D eigenvalue weighted by molar-refractivity contribution is 5.88. The van der Waals surface area contributed by atoms with Crippen LogP contribution in [0.1, 0.15) is 86.0 Å². The molecule has 2 rings (SSSR count). The van der Waals surface area contributed by atoms with Crippen molar-refractivity contribution in [3.05, 3.63) is 0 Å². The van der Waals surface area contributed by atoms with Gasteiger partial charge >= 0.3 is 11.9 Å². The highest BCUT2D eigenvalue weighted by Gasteiger charge is 2.48. The number of carboxylic acid groups (broad SMARTS) is 1. The number of nitrogens with two attached hydrogens (primary N) is 1. The number of likely N-dealkylation sites (tertiary alicyclic amines) is 1. The van der Waals surface area contributed by atoms with Gasteiger partial charge in [-0.05, 0) is 58.8 Å². The van der Waals surface area contributed by atoms with Gasteiger partial charge in [0.2, 0.25) is 5.91 Å². The van der Waals surface area contributed by atoms with Gasteiger partial charge in [-0.15, -0.1) is 0 Å². The summed E-state index contributed by atoms with van der Waals surface area (Å²) in [5.41, 5.74) is 5.29. The van der Waals surface area contributed by atoms with Crippen LogP contribution in [0.25, 0.3) is 0 Å². The van der Waals surface area contributed by atoms with Crippen LogP contribution in [0, 0.1) is 5.92 Å². The summed E-state index contributed by atoms with van der Waals surface area (Å²) in [7, 11) is 0. The number of ether oxygens (including phenoxy) is 1. The van der Waals surface area contributed by atoms with Gasteiger partial charge < -0.3 is 20.5 Å². The molecule has 1 heterocycles. The molecule has 31 heavy (non-hydrogen) atoms. The molecular weight excluding hydrogens is 398 g/mol. The van der Waals surface area contributed by atoms with Gasteiger partial charge in [-0.25, -0.2) is 4.79 Å². The summed E-state index contributed by atoms with van der Waals surface area (Å²) in [6.45, 7) is 9.79. The number of esters is 1. The van der Waals surface area contributed by atoms with Crippen LogP contribution in [0.5, 0.6) is 0 Å². The van der Waals surface area contributed by atoms with Crippen molar-refractivity contribution in [2.75, 3.05) is 6.61 Å². The van der Waals surface area contributed by atoms with Gasteiger partial charge in [-0.2, -0.15) is 0 Å². The average Bonchev–Trinajstić information content (AvgIpc) is 3.13. The van der Waals surface area contributed by atoms with Gasteiger partial charge in [-0.1, -0.05) is 33.1 Å². The Labute approximate surface area is 187 Å². The largest absolute Gasteiger partial charge is 0.480 e. The van der Waals surface area contributed by atoms with E-state index in [1.165, 1.54) is 0 Å². The maximum atomic E-state index is 13.1. The zero-order valence-electron chi connectivity index (χ0n) is 19.9. The average molecular weight is 442 g/mol. The molecule has 8 heteroatoms. The molecule has 1 aliphatic carbocycles. The van der Waals surface area contributed by atoms with Gasteiger partial charge in [0.15, 0.2) is 0 Å². The van der Waals surface area contributed by atoms with Crippen LogP contribution in [0.15, 0.2) is 0 Å². The molecule has 1 amide bonds. The maximum absolute atomic E-state index is 13.1. The predicted octanol–water partition coefficient (Wildman–Crippen LogP) is 2.68. The molecule has 1 unspecified atom stereocenters. The first-order chi connectivity index (χ1) is 14.7. The standard InChI is InChI=1S/C19H32N2O5.C4H11N/c1-4-8-14(19(25)26-5-2)20-12(3)17(22)21-15-10-7-6-9-13(15)11-16(21)18(23)24;1-3-4(2)5/h12-16,20H,4-11H2,1-3H3,(H,23,24);4H,3,5H2,1-2H3/t12-,13-,14-,15-,16-;/m0./s1. The Morgan fingerprint density at radius 2 is 1.77 bits per heavy atom.